The van der Waals surface area contributed by atoms with Crippen LogP contribution in [0.5, 0.6) is 0 Å². The standard InChI is InChI=1S/C12H21N3/c1-12(2)5-7-13-6-3-4-9-15-10-8-14-11-15/h5,8,10-11,13H,3-4,6-7,9H2,1-2H3. The Labute approximate surface area is 92.2 Å². The van der Waals surface area contributed by atoms with Crippen LogP contribution in [0.2, 0.25) is 0 Å². The Bertz CT molecular complexity index is 271. The van der Waals surface area contributed by atoms with E-state index in [9.17, 15) is 0 Å². The largest absolute Gasteiger partial charge is 0.337 e. The molecular formula is C12H21N3. The van der Waals surface area contributed by atoms with Crippen molar-refractivity contribution in [2.75, 3.05) is 13.1 Å². The Morgan fingerprint density at radius 2 is 2.27 bits per heavy atom. The number of allylic oxidation sites excluding steroid dienone is 1. The quantitative estimate of drug-likeness (QED) is 0.549. The molecule has 0 aliphatic heterocycles. The van der Waals surface area contributed by atoms with Gasteiger partial charge in [-0.2, -0.15) is 0 Å². The highest BCUT2D eigenvalue weighted by Crippen LogP contribution is 1.94. The molecule has 15 heavy (non-hydrogen) atoms. The van der Waals surface area contributed by atoms with Gasteiger partial charge in [-0.05, 0) is 33.2 Å². The molecule has 0 spiro atoms. The van der Waals surface area contributed by atoms with Gasteiger partial charge in [-0.25, -0.2) is 4.98 Å². The van der Waals surface area contributed by atoms with Gasteiger partial charge in [-0.15, -0.1) is 0 Å². The molecule has 3 nitrogen and oxygen atoms in total. The van der Waals surface area contributed by atoms with Gasteiger partial charge in [0.15, 0.2) is 0 Å². The van der Waals surface area contributed by atoms with E-state index >= 15 is 0 Å². The lowest BCUT2D eigenvalue weighted by atomic mass is 10.3. The summed E-state index contributed by atoms with van der Waals surface area (Å²) in [7, 11) is 0. The van der Waals surface area contributed by atoms with E-state index in [4.69, 9.17) is 0 Å². The Morgan fingerprint density at radius 1 is 1.40 bits per heavy atom. The summed E-state index contributed by atoms with van der Waals surface area (Å²) in [6.45, 7) is 7.41. The molecule has 1 rings (SSSR count). The van der Waals surface area contributed by atoms with Gasteiger partial charge in [0.1, 0.15) is 0 Å². The zero-order valence-electron chi connectivity index (χ0n) is 9.74. The van der Waals surface area contributed by atoms with Crippen molar-refractivity contribution in [3.63, 3.8) is 0 Å². The number of hydrogen-bond donors (Lipinski definition) is 1. The summed E-state index contributed by atoms with van der Waals surface area (Å²) in [6, 6.07) is 0. The maximum absolute atomic E-state index is 4.01. The van der Waals surface area contributed by atoms with Crippen molar-refractivity contribution in [2.45, 2.75) is 33.2 Å². The van der Waals surface area contributed by atoms with Crippen molar-refractivity contribution < 1.29 is 0 Å². The number of hydrogen-bond acceptors (Lipinski definition) is 2. The Kier molecular flexibility index (Phi) is 5.78. The highest BCUT2D eigenvalue weighted by atomic mass is 15.0. The first-order valence-electron chi connectivity index (χ1n) is 5.59. The molecule has 0 saturated heterocycles. The molecule has 3 heteroatoms. The summed E-state index contributed by atoms with van der Waals surface area (Å²) in [6.07, 6.45) is 10.4. The van der Waals surface area contributed by atoms with Crippen LogP contribution in [0, 0.1) is 0 Å². The fourth-order valence-corrected chi connectivity index (χ4v) is 1.34. The molecular weight excluding hydrogens is 186 g/mol. The van der Waals surface area contributed by atoms with E-state index in [0.29, 0.717) is 0 Å². The highest BCUT2D eigenvalue weighted by molar-refractivity contribution is 4.94. The van der Waals surface area contributed by atoms with Gasteiger partial charge in [0, 0.05) is 25.5 Å². The van der Waals surface area contributed by atoms with Gasteiger partial charge < -0.3 is 9.88 Å². The molecule has 84 valence electrons. The number of nitrogens with zero attached hydrogens (tertiary/aromatic N) is 2. The number of nitrogens with one attached hydrogen (secondary N) is 1. The smallest absolute Gasteiger partial charge is 0.0945 e. The molecule has 1 aromatic heterocycles. The van der Waals surface area contributed by atoms with Crippen LogP contribution < -0.4 is 5.32 Å². The second kappa shape index (κ2) is 7.23. The van der Waals surface area contributed by atoms with E-state index in [1.54, 1.807) is 0 Å². The number of imidazole rings is 1. The third-order valence-electron chi connectivity index (χ3n) is 2.23. The first-order valence-corrected chi connectivity index (χ1v) is 5.59. The Hall–Kier alpha value is -1.09. The molecule has 0 atom stereocenters. The van der Waals surface area contributed by atoms with E-state index in [1.165, 1.54) is 18.4 Å². The zero-order chi connectivity index (χ0) is 10.9. The molecule has 0 aromatic carbocycles. The van der Waals surface area contributed by atoms with Gasteiger partial charge in [0.25, 0.3) is 0 Å². The summed E-state index contributed by atoms with van der Waals surface area (Å²) >= 11 is 0. The van der Waals surface area contributed by atoms with Crippen LogP contribution in [0.1, 0.15) is 26.7 Å². The molecule has 0 radical (unpaired) electrons. The summed E-state index contributed by atoms with van der Waals surface area (Å²) in [5, 5.41) is 3.40. The van der Waals surface area contributed by atoms with Gasteiger partial charge >= 0.3 is 0 Å². The average molecular weight is 207 g/mol. The summed E-state index contributed by atoms with van der Waals surface area (Å²) < 4.78 is 2.12. The molecule has 0 unspecified atom stereocenters. The minimum absolute atomic E-state index is 0.993. The monoisotopic (exact) mass is 207 g/mol. The van der Waals surface area contributed by atoms with Crippen LogP contribution in [0.15, 0.2) is 30.4 Å². The lowest BCUT2D eigenvalue weighted by Gasteiger charge is -2.03. The Morgan fingerprint density at radius 3 is 2.93 bits per heavy atom. The van der Waals surface area contributed by atoms with Crippen molar-refractivity contribution in [1.29, 1.82) is 0 Å². The Balaban J connectivity index is 1.92. The molecule has 0 fully saturated rings. The van der Waals surface area contributed by atoms with Crippen molar-refractivity contribution in [3.8, 4) is 0 Å². The minimum atomic E-state index is 0.993. The van der Waals surface area contributed by atoms with E-state index in [0.717, 1.165) is 19.6 Å². The molecule has 0 amide bonds. The first kappa shape index (κ1) is 12.0. The van der Waals surface area contributed by atoms with E-state index in [2.05, 4.69) is 34.8 Å². The summed E-state index contributed by atoms with van der Waals surface area (Å²) in [5.74, 6) is 0. The van der Waals surface area contributed by atoms with E-state index < -0.39 is 0 Å². The molecule has 0 bridgehead atoms. The minimum Gasteiger partial charge on any atom is -0.337 e. The van der Waals surface area contributed by atoms with E-state index in [-0.39, 0.29) is 0 Å². The topological polar surface area (TPSA) is 29.9 Å². The fourth-order valence-electron chi connectivity index (χ4n) is 1.34. The molecule has 1 heterocycles. The first-order chi connectivity index (χ1) is 7.29. The summed E-state index contributed by atoms with van der Waals surface area (Å²) in [4.78, 5) is 4.01. The predicted octanol–water partition coefficient (Wildman–Crippen LogP) is 2.22. The number of rotatable bonds is 7. The average Bonchev–Trinajstić information content (AvgIpc) is 2.68. The van der Waals surface area contributed by atoms with E-state index in [1.807, 2.05) is 18.7 Å². The van der Waals surface area contributed by atoms with Crippen LogP contribution in [0.3, 0.4) is 0 Å². The SMILES string of the molecule is CC(C)=CCNCCCCn1ccnc1. The normalized spacial score (nSPS) is 10.3. The zero-order valence-corrected chi connectivity index (χ0v) is 9.74. The molecule has 0 aliphatic carbocycles. The third kappa shape index (κ3) is 6.07. The molecule has 1 N–H and O–H groups in total. The summed E-state index contributed by atoms with van der Waals surface area (Å²) in [5.41, 5.74) is 1.38. The molecule has 1 aromatic rings. The number of aryl methyl sites for hydroxylation is 1. The van der Waals surface area contributed by atoms with Crippen molar-refractivity contribution >= 4 is 0 Å². The maximum Gasteiger partial charge on any atom is 0.0945 e. The predicted molar refractivity (Wildman–Crippen MR) is 63.8 cm³/mol. The lowest BCUT2D eigenvalue weighted by Crippen LogP contribution is -2.15. The van der Waals surface area contributed by atoms with Gasteiger partial charge in [-0.3, -0.25) is 0 Å². The second-order valence-electron chi connectivity index (χ2n) is 3.99. The van der Waals surface area contributed by atoms with Crippen LogP contribution in [0.4, 0.5) is 0 Å². The third-order valence-corrected chi connectivity index (χ3v) is 2.23. The van der Waals surface area contributed by atoms with Crippen molar-refractivity contribution in [1.82, 2.24) is 14.9 Å². The number of unbranched alkanes of at least 4 members (excludes halogenated alkanes) is 1. The maximum atomic E-state index is 4.01. The van der Waals surface area contributed by atoms with Crippen LogP contribution in [0.25, 0.3) is 0 Å². The van der Waals surface area contributed by atoms with Crippen LogP contribution in [-0.2, 0) is 6.54 Å². The lowest BCUT2D eigenvalue weighted by molar-refractivity contribution is 0.582. The van der Waals surface area contributed by atoms with Gasteiger partial charge in [0.05, 0.1) is 6.33 Å². The van der Waals surface area contributed by atoms with Gasteiger partial charge in [0.2, 0.25) is 0 Å². The van der Waals surface area contributed by atoms with Gasteiger partial charge in [-0.1, -0.05) is 11.6 Å². The fraction of sp³-hybridized carbons (Fsp3) is 0.583. The second-order valence-corrected chi connectivity index (χ2v) is 3.99. The highest BCUT2D eigenvalue weighted by Gasteiger charge is 1.90. The van der Waals surface area contributed by atoms with Crippen LogP contribution in [-0.4, -0.2) is 22.6 Å². The van der Waals surface area contributed by atoms with Crippen LogP contribution >= 0.6 is 0 Å². The molecule has 0 saturated carbocycles. The van der Waals surface area contributed by atoms with Crippen molar-refractivity contribution in [3.05, 3.63) is 30.4 Å². The van der Waals surface area contributed by atoms with Crippen molar-refractivity contribution in [2.24, 2.45) is 0 Å². The molecule has 0 aliphatic rings. The number of aromatic nitrogens is 2.